The molecule has 5 nitrogen and oxygen atoms in total. The van der Waals surface area contributed by atoms with Crippen molar-refractivity contribution in [3.8, 4) is 0 Å². The van der Waals surface area contributed by atoms with Gasteiger partial charge in [0.15, 0.2) is 0 Å². The molecule has 0 aromatic carbocycles. The van der Waals surface area contributed by atoms with E-state index in [0.29, 0.717) is 13.0 Å². The molecule has 0 aromatic rings. The lowest BCUT2D eigenvalue weighted by atomic mass is 9.88. The first-order chi connectivity index (χ1) is 8.08. The summed E-state index contributed by atoms with van der Waals surface area (Å²) in [7, 11) is 1.75. The molecule has 1 amide bonds. The van der Waals surface area contributed by atoms with Gasteiger partial charge in [0.2, 0.25) is 5.91 Å². The van der Waals surface area contributed by atoms with Crippen molar-refractivity contribution < 1.29 is 19.4 Å². The highest BCUT2D eigenvalue weighted by Crippen LogP contribution is 2.39. The Labute approximate surface area is 101 Å². The summed E-state index contributed by atoms with van der Waals surface area (Å²) in [4.78, 5) is 24.1. The molecule has 2 fully saturated rings. The molecule has 2 rings (SSSR count). The number of carbonyl (C=O) groups excluding carboxylic acids is 1. The van der Waals surface area contributed by atoms with Gasteiger partial charge in [-0.1, -0.05) is 0 Å². The number of aliphatic carboxylic acids is 1. The number of rotatable bonds is 5. The highest BCUT2D eigenvalue weighted by atomic mass is 16.5. The smallest absolute Gasteiger partial charge is 0.303 e. The number of ether oxygens (including phenoxy) is 1. The molecule has 2 aliphatic heterocycles. The lowest BCUT2D eigenvalue weighted by Gasteiger charge is -2.24. The van der Waals surface area contributed by atoms with Crippen molar-refractivity contribution in [2.75, 3.05) is 13.6 Å². The molecule has 17 heavy (non-hydrogen) atoms. The molecular formula is C12H19NO4. The third-order valence-corrected chi connectivity index (χ3v) is 3.68. The van der Waals surface area contributed by atoms with Crippen LogP contribution in [0.25, 0.3) is 0 Å². The second kappa shape index (κ2) is 5.04. The zero-order chi connectivity index (χ0) is 12.4. The minimum atomic E-state index is -0.811. The molecule has 0 aromatic heterocycles. The zero-order valence-corrected chi connectivity index (χ0v) is 10.1. The molecule has 96 valence electrons. The first-order valence-corrected chi connectivity index (χ1v) is 6.20. The summed E-state index contributed by atoms with van der Waals surface area (Å²) in [5.41, 5.74) is 0. The maximum Gasteiger partial charge on any atom is 0.303 e. The number of fused-ring (bicyclic) bond motifs is 2. The summed E-state index contributed by atoms with van der Waals surface area (Å²) in [6, 6.07) is 0. The molecule has 5 heteroatoms. The Hall–Kier alpha value is -1.10. The van der Waals surface area contributed by atoms with Crippen molar-refractivity contribution in [2.24, 2.45) is 5.92 Å². The molecule has 3 atom stereocenters. The van der Waals surface area contributed by atoms with Gasteiger partial charge in [-0.3, -0.25) is 9.59 Å². The van der Waals surface area contributed by atoms with Crippen LogP contribution in [-0.4, -0.2) is 47.7 Å². The van der Waals surface area contributed by atoms with E-state index >= 15 is 0 Å². The molecule has 2 aliphatic rings. The highest BCUT2D eigenvalue weighted by Gasteiger charge is 2.45. The second-order valence-electron chi connectivity index (χ2n) is 4.97. The number of carbonyl (C=O) groups is 2. The first kappa shape index (κ1) is 12.4. The summed E-state index contributed by atoms with van der Waals surface area (Å²) in [5.74, 6) is -0.694. The molecule has 2 saturated heterocycles. The van der Waals surface area contributed by atoms with Gasteiger partial charge in [-0.15, -0.1) is 0 Å². The topological polar surface area (TPSA) is 66.8 Å². The van der Waals surface area contributed by atoms with Crippen LogP contribution >= 0.6 is 0 Å². The van der Waals surface area contributed by atoms with Crippen LogP contribution in [0.1, 0.15) is 32.1 Å². The van der Waals surface area contributed by atoms with E-state index in [-0.39, 0.29) is 30.5 Å². The van der Waals surface area contributed by atoms with E-state index in [4.69, 9.17) is 9.84 Å². The van der Waals surface area contributed by atoms with Gasteiger partial charge < -0.3 is 14.7 Å². The van der Waals surface area contributed by atoms with Gasteiger partial charge in [0, 0.05) is 20.0 Å². The SMILES string of the molecule is CN(CCCC(=O)O)C(=O)C1CC2CCC1O2. The average molecular weight is 241 g/mol. The van der Waals surface area contributed by atoms with E-state index in [1.165, 1.54) is 0 Å². The summed E-state index contributed by atoms with van der Waals surface area (Å²) >= 11 is 0. The summed E-state index contributed by atoms with van der Waals surface area (Å²) < 4.78 is 5.66. The number of carboxylic acids is 1. The van der Waals surface area contributed by atoms with Gasteiger partial charge in [-0.2, -0.15) is 0 Å². The third-order valence-electron chi connectivity index (χ3n) is 3.68. The van der Waals surface area contributed by atoms with Crippen LogP contribution in [0.15, 0.2) is 0 Å². The van der Waals surface area contributed by atoms with E-state index in [0.717, 1.165) is 19.3 Å². The number of amides is 1. The van der Waals surface area contributed by atoms with E-state index in [1.807, 2.05) is 0 Å². The molecular weight excluding hydrogens is 222 g/mol. The van der Waals surface area contributed by atoms with Gasteiger partial charge in [0.25, 0.3) is 0 Å². The molecule has 2 heterocycles. The summed E-state index contributed by atoms with van der Waals surface area (Å²) in [6.45, 7) is 0.513. The molecule has 3 unspecified atom stereocenters. The fraction of sp³-hybridized carbons (Fsp3) is 0.833. The van der Waals surface area contributed by atoms with Crippen molar-refractivity contribution in [1.82, 2.24) is 4.90 Å². The molecule has 2 bridgehead atoms. The Kier molecular flexibility index (Phi) is 3.66. The standard InChI is InChI=1S/C12H19NO4/c1-13(6-2-3-11(14)15)12(16)9-7-8-4-5-10(9)17-8/h8-10H,2-7H2,1H3,(H,14,15). The Morgan fingerprint density at radius 2 is 2.18 bits per heavy atom. The van der Waals surface area contributed by atoms with Crippen LogP contribution in [0.5, 0.6) is 0 Å². The molecule has 0 saturated carbocycles. The van der Waals surface area contributed by atoms with E-state index in [2.05, 4.69) is 0 Å². The van der Waals surface area contributed by atoms with Gasteiger partial charge in [0.1, 0.15) is 0 Å². The Balaban J connectivity index is 1.77. The van der Waals surface area contributed by atoms with Crippen molar-refractivity contribution >= 4 is 11.9 Å². The molecule has 0 spiro atoms. The number of nitrogens with zero attached hydrogens (tertiary/aromatic N) is 1. The molecule has 0 aliphatic carbocycles. The van der Waals surface area contributed by atoms with E-state index < -0.39 is 5.97 Å². The molecule has 1 N–H and O–H groups in total. The number of hydrogen-bond donors (Lipinski definition) is 1. The van der Waals surface area contributed by atoms with Gasteiger partial charge in [0.05, 0.1) is 18.1 Å². The number of hydrogen-bond acceptors (Lipinski definition) is 3. The van der Waals surface area contributed by atoms with Gasteiger partial charge >= 0.3 is 5.97 Å². The predicted octanol–water partition coefficient (Wildman–Crippen LogP) is 0.877. The lowest BCUT2D eigenvalue weighted by molar-refractivity contribution is -0.139. The van der Waals surface area contributed by atoms with Crippen LogP contribution in [-0.2, 0) is 14.3 Å². The maximum atomic E-state index is 12.1. The minimum absolute atomic E-state index is 0.00331. The normalized spacial score (nSPS) is 30.5. The Morgan fingerprint density at radius 3 is 2.71 bits per heavy atom. The van der Waals surface area contributed by atoms with Crippen LogP contribution in [0.4, 0.5) is 0 Å². The summed E-state index contributed by atoms with van der Waals surface area (Å²) in [6.07, 6.45) is 3.92. The van der Waals surface area contributed by atoms with Crippen LogP contribution in [0.2, 0.25) is 0 Å². The van der Waals surface area contributed by atoms with E-state index in [1.54, 1.807) is 11.9 Å². The monoisotopic (exact) mass is 241 g/mol. The minimum Gasteiger partial charge on any atom is -0.481 e. The fourth-order valence-corrected chi connectivity index (χ4v) is 2.76. The fourth-order valence-electron chi connectivity index (χ4n) is 2.76. The van der Waals surface area contributed by atoms with Gasteiger partial charge in [-0.05, 0) is 25.7 Å². The number of carboxylic acid groups (broad SMARTS) is 1. The quantitative estimate of drug-likeness (QED) is 0.775. The van der Waals surface area contributed by atoms with Crippen LogP contribution in [0, 0.1) is 5.92 Å². The van der Waals surface area contributed by atoms with E-state index in [9.17, 15) is 9.59 Å². The van der Waals surface area contributed by atoms with Gasteiger partial charge in [-0.25, -0.2) is 0 Å². The average Bonchev–Trinajstić information content (AvgIpc) is 2.88. The largest absolute Gasteiger partial charge is 0.481 e. The first-order valence-electron chi connectivity index (χ1n) is 6.20. The lowest BCUT2D eigenvalue weighted by Crippen LogP contribution is -2.38. The van der Waals surface area contributed by atoms with Crippen LogP contribution < -0.4 is 0 Å². The molecule has 0 radical (unpaired) electrons. The van der Waals surface area contributed by atoms with Crippen molar-refractivity contribution in [3.63, 3.8) is 0 Å². The summed E-state index contributed by atoms with van der Waals surface area (Å²) in [5, 5.41) is 8.54. The van der Waals surface area contributed by atoms with Crippen molar-refractivity contribution in [2.45, 2.75) is 44.3 Å². The highest BCUT2D eigenvalue weighted by molar-refractivity contribution is 5.79. The van der Waals surface area contributed by atoms with Crippen molar-refractivity contribution in [3.05, 3.63) is 0 Å². The predicted molar refractivity (Wildman–Crippen MR) is 60.5 cm³/mol. The Bertz CT molecular complexity index is 318. The zero-order valence-electron chi connectivity index (χ0n) is 10.1. The second-order valence-corrected chi connectivity index (χ2v) is 4.97. The van der Waals surface area contributed by atoms with Crippen molar-refractivity contribution in [1.29, 1.82) is 0 Å². The maximum absolute atomic E-state index is 12.1. The Morgan fingerprint density at radius 1 is 1.41 bits per heavy atom. The van der Waals surface area contributed by atoms with Crippen LogP contribution in [0.3, 0.4) is 0 Å². The third kappa shape index (κ3) is 2.77.